The molecule has 0 saturated carbocycles. The molecule has 0 aliphatic carbocycles. The van der Waals surface area contributed by atoms with Crippen LogP contribution in [0.1, 0.15) is 12.5 Å². The molecule has 0 amide bonds. The number of benzene rings is 1. The third-order valence-corrected chi connectivity index (χ3v) is 2.41. The molecule has 2 rings (SSSR count). The minimum atomic E-state index is 0.00846. The number of rotatable bonds is 2. The van der Waals surface area contributed by atoms with Crippen molar-refractivity contribution >= 4 is 0 Å². The fraction of sp³-hybridized carbons (Fsp3) is 0.167. The lowest BCUT2D eigenvalue weighted by molar-refractivity contribution is 0.473. The summed E-state index contributed by atoms with van der Waals surface area (Å²) in [5.74, 6) is 0.00846. The van der Waals surface area contributed by atoms with Crippen molar-refractivity contribution in [1.29, 1.82) is 5.26 Å². The van der Waals surface area contributed by atoms with Crippen molar-refractivity contribution in [3.63, 3.8) is 0 Å². The van der Waals surface area contributed by atoms with Gasteiger partial charge in [-0.3, -0.25) is 4.68 Å². The number of aromatic nitrogens is 2. The Balaban J connectivity index is 2.45. The van der Waals surface area contributed by atoms with Crippen molar-refractivity contribution < 1.29 is 5.11 Å². The van der Waals surface area contributed by atoms with Crippen LogP contribution in [0.3, 0.4) is 0 Å². The normalized spacial score (nSPS) is 10.0. The number of aromatic hydroxyl groups is 1. The van der Waals surface area contributed by atoms with E-state index in [1.165, 1.54) is 6.07 Å². The molecular formula is C12H11N3O. The van der Waals surface area contributed by atoms with Crippen LogP contribution < -0.4 is 0 Å². The van der Waals surface area contributed by atoms with E-state index in [1.54, 1.807) is 18.3 Å². The molecule has 0 atom stereocenters. The molecule has 0 unspecified atom stereocenters. The molecule has 1 heterocycles. The van der Waals surface area contributed by atoms with Crippen molar-refractivity contribution in [1.82, 2.24) is 9.78 Å². The number of hydrogen-bond donors (Lipinski definition) is 1. The van der Waals surface area contributed by atoms with E-state index in [-0.39, 0.29) is 11.3 Å². The van der Waals surface area contributed by atoms with Crippen molar-refractivity contribution in [3.8, 4) is 22.9 Å². The highest BCUT2D eigenvalue weighted by Gasteiger charge is 2.05. The topological polar surface area (TPSA) is 61.8 Å². The van der Waals surface area contributed by atoms with E-state index in [0.717, 1.165) is 17.7 Å². The zero-order chi connectivity index (χ0) is 11.5. The maximum absolute atomic E-state index is 9.39. The number of aryl methyl sites for hydroxylation is 1. The van der Waals surface area contributed by atoms with Gasteiger partial charge in [0.1, 0.15) is 11.8 Å². The van der Waals surface area contributed by atoms with Gasteiger partial charge in [0.25, 0.3) is 0 Å². The zero-order valence-electron chi connectivity index (χ0n) is 8.88. The van der Waals surface area contributed by atoms with Gasteiger partial charge in [-0.15, -0.1) is 0 Å². The van der Waals surface area contributed by atoms with Gasteiger partial charge >= 0.3 is 0 Å². The molecule has 1 aromatic heterocycles. The van der Waals surface area contributed by atoms with Gasteiger partial charge in [-0.2, -0.15) is 10.4 Å². The fourth-order valence-electron chi connectivity index (χ4n) is 1.49. The second kappa shape index (κ2) is 4.07. The zero-order valence-corrected chi connectivity index (χ0v) is 8.88. The summed E-state index contributed by atoms with van der Waals surface area (Å²) in [6.07, 6.45) is 3.66. The van der Waals surface area contributed by atoms with Crippen LogP contribution in [0.5, 0.6) is 5.75 Å². The second-order valence-electron chi connectivity index (χ2n) is 3.43. The van der Waals surface area contributed by atoms with Gasteiger partial charge in [0.05, 0.1) is 11.8 Å². The molecule has 0 bridgehead atoms. The van der Waals surface area contributed by atoms with Crippen LogP contribution >= 0.6 is 0 Å². The summed E-state index contributed by atoms with van der Waals surface area (Å²) in [5.41, 5.74) is 2.11. The monoisotopic (exact) mass is 213 g/mol. The molecule has 1 aromatic carbocycles. The lowest BCUT2D eigenvalue weighted by atomic mass is 10.1. The third-order valence-electron chi connectivity index (χ3n) is 2.41. The van der Waals surface area contributed by atoms with Gasteiger partial charge < -0.3 is 5.11 Å². The van der Waals surface area contributed by atoms with Crippen LogP contribution in [-0.2, 0) is 6.54 Å². The first-order chi connectivity index (χ1) is 7.74. The number of hydrogen-bond acceptors (Lipinski definition) is 3. The second-order valence-corrected chi connectivity index (χ2v) is 3.43. The quantitative estimate of drug-likeness (QED) is 0.831. The van der Waals surface area contributed by atoms with Crippen molar-refractivity contribution in [2.24, 2.45) is 0 Å². The Morgan fingerprint density at radius 1 is 1.44 bits per heavy atom. The molecular weight excluding hydrogens is 202 g/mol. The fourth-order valence-corrected chi connectivity index (χ4v) is 1.49. The molecule has 0 spiro atoms. The summed E-state index contributed by atoms with van der Waals surface area (Å²) in [4.78, 5) is 0. The number of nitriles is 1. The Hall–Kier alpha value is -2.28. The first-order valence-corrected chi connectivity index (χ1v) is 5.00. The Kier molecular flexibility index (Phi) is 2.61. The van der Waals surface area contributed by atoms with E-state index in [1.807, 2.05) is 23.9 Å². The lowest BCUT2D eigenvalue weighted by Crippen LogP contribution is -1.91. The van der Waals surface area contributed by atoms with Gasteiger partial charge in [-0.05, 0) is 24.6 Å². The molecule has 0 saturated heterocycles. The molecule has 1 N–H and O–H groups in total. The third kappa shape index (κ3) is 1.75. The molecule has 0 aliphatic rings. The maximum atomic E-state index is 9.39. The van der Waals surface area contributed by atoms with Crippen LogP contribution in [0, 0.1) is 11.3 Å². The SMILES string of the molecule is CCn1cc(-c2ccc(O)c(C#N)c2)cn1. The predicted molar refractivity (Wildman–Crippen MR) is 59.7 cm³/mol. The molecule has 0 fully saturated rings. The van der Waals surface area contributed by atoms with Crippen molar-refractivity contribution in [3.05, 3.63) is 36.2 Å². The molecule has 2 aromatic rings. The van der Waals surface area contributed by atoms with E-state index < -0.39 is 0 Å². The average molecular weight is 213 g/mol. The summed E-state index contributed by atoms with van der Waals surface area (Å²) in [6, 6.07) is 6.90. The lowest BCUT2D eigenvalue weighted by Gasteiger charge is -1.99. The minimum absolute atomic E-state index is 0.00846. The van der Waals surface area contributed by atoms with Gasteiger partial charge in [0, 0.05) is 18.3 Å². The van der Waals surface area contributed by atoms with Crippen LogP contribution in [0.4, 0.5) is 0 Å². The van der Waals surface area contributed by atoms with E-state index >= 15 is 0 Å². The number of nitrogens with zero attached hydrogens (tertiary/aromatic N) is 3. The van der Waals surface area contributed by atoms with Crippen LogP contribution in [0.25, 0.3) is 11.1 Å². The number of phenols is 1. The van der Waals surface area contributed by atoms with Gasteiger partial charge in [0.2, 0.25) is 0 Å². The Bertz CT molecular complexity index is 552. The van der Waals surface area contributed by atoms with E-state index in [2.05, 4.69) is 5.10 Å². The average Bonchev–Trinajstić information content (AvgIpc) is 2.78. The summed E-state index contributed by atoms with van der Waals surface area (Å²) in [6.45, 7) is 2.82. The molecule has 16 heavy (non-hydrogen) atoms. The van der Waals surface area contributed by atoms with E-state index in [0.29, 0.717) is 0 Å². The maximum Gasteiger partial charge on any atom is 0.133 e. The summed E-state index contributed by atoms with van der Waals surface area (Å²) in [5, 5.41) is 22.4. The van der Waals surface area contributed by atoms with Gasteiger partial charge in [0.15, 0.2) is 0 Å². The first-order valence-electron chi connectivity index (χ1n) is 5.00. The molecule has 0 aliphatic heterocycles. The Morgan fingerprint density at radius 3 is 2.88 bits per heavy atom. The van der Waals surface area contributed by atoms with E-state index in [9.17, 15) is 5.11 Å². The largest absolute Gasteiger partial charge is 0.507 e. The van der Waals surface area contributed by atoms with Gasteiger partial charge in [-0.25, -0.2) is 0 Å². The van der Waals surface area contributed by atoms with Crippen LogP contribution in [-0.4, -0.2) is 14.9 Å². The summed E-state index contributed by atoms with van der Waals surface area (Å²) < 4.78 is 1.81. The van der Waals surface area contributed by atoms with Crippen LogP contribution in [0.2, 0.25) is 0 Å². The Labute approximate surface area is 93.4 Å². The smallest absolute Gasteiger partial charge is 0.133 e. The van der Waals surface area contributed by atoms with Crippen molar-refractivity contribution in [2.75, 3.05) is 0 Å². The molecule has 4 nitrogen and oxygen atoms in total. The molecule has 0 radical (unpaired) electrons. The Morgan fingerprint density at radius 2 is 2.25 bits per heavy atom. The van der Waals surface area contributed by atoms with Gasteiger partial charge in [-0.1, -0.05) is 6.07 Å². The summed E-state index contributed by atoms with van der Waals surface area (Å²) in [7, 11) is 0. The predicted octanol–water partition coefficient (Wildman–Crippen LogP) is 2.15. The standard InChI is InChI=1S/C12H11N3O/c1-2-15-8-11(7-14-15)9-3-4-12(16)10(5-9)6-13/h3-5,7-8,16H,2H2,1H3. The first kappa shape index (κ1) is 10.2. The highest BCUT2D eigenvalue weighted by atomic mass is 16.3. The van der Waals surface area contributed by atoms with E-state index in [4.69, 9.17) is 5.26 Å². The minimum Gasteiger partial charge on any atom is -0.507 e. The number of phenolic OH excluding ortho intramolecular Hbond substituents is 1. The molecule has 80 valence electrons. The summed E-state index contributed by atoms with van der Waals surface area (Å²) >= 11 is 0. The highest BCUT2D eigenvalue weighted by molar-refractivity contribution is 5.65. The highest BCUT2D eigenvalue weighted by Crippen LogP contribution is 2.24. The van der Waals surface area contributed by atoms with Crippen LogP contribution in [0.15, 0.2) is 30.6 Å². The van der Waals surface area contributed by atoms with Crippen molar-refractivity contribution in [2.45, 2.75) is 13.5 Å². The molecule has 4 heteroatoms.